The van der Waals surface area contributed by atoms with E-state index in [-0.39, 0.29) is 4.41 Å². The van der Waals surface area contributed by atoms with E-state index in [1.807, 2.05) is 0 Å². The van der Waals surface area contributed by atoms with Crippen LogP contribution in [0.15, 0.2) is 0 Å². The van der Waals surface area contributed by atoms with Gasteiger partial charge < -0.3 is 0 Å². The molecule has 0 aromatic heterocycles. The Morgan fingerprint density at radius 1 is 1.70 bits per heavy atom. The van der Waals surface area contributed by atoms with Crippen LogP contribution < -0.4 is 0 Å². The van der Waals surface area contributed by atoms with Crippen molar-refractivity contribution in [2.24, 2.45) is 0 Å². The maximum absolute atomic E-state index is 10.5. The molecular weight excluding hydrogens is 184 g/mol. The molecule has 60 valence electrons. The maximum Gasteiger partial charge on any atom is 0.297 e. The average molecular weight is 189 g/mol. The van der Waals surface area contributed by atoms with E-state index in [2.05, 4.69) is 0 Å². The van der Waals surface area contributed by atoms with Crippen LogP contribution in [-0.2, 0) is 10.0 Å². The monoisotopic (exact) mass is 188 g/mol. The van der Waals surface area contributed by atoms with E-state index >= 15 is 0 Å². The fourth-order valence-corrected chi connectivity index (χ4v) is 0.940. The Labute approximate surface area is 62.6 Å². The van der Waals surface area contributed by atoms with Crippen LogP contribution in [0, 0.1) is 10.1 Å². The van der Waals surface area contributed by atoms with Gasteiger partial charge in [0.25, 0.3) is 10.0 Å². The summed E-state index contributed by atoms with van der Waals surface area (Å²) in [4.78, 5) is 9.80. The Morgan fingerprint density at radius 3 is 2.20 bits per heavy atom. The number of halogens is 1. The van der Waals surface area contributed by atoms with Crippen molar-refractivity contribution in [3.05, 3.63) is 10.1 Å². The van der Waals surface area contributed by atoms with Gasteiger partial charge in [0.15, 0.2) is 5.03 Å². The van der Waals surface area contributed by atoms with Crippen molar-refractivity contribution in [2.45, 2.75) is 0 Å². The molecular formula is C2H5ClN2O4S. The van der Waals surface area contributed by atoms with E-state index in [0.717, 1.165) is 7.05 Å². The zero-order valence-electron chi connectivity index (χ0n) is 5.02. The van der Waals surface area contributed by atoms with Crippen LogP contribution in [0.1, 0.15) is 0 Å². The predicted molar refractivity (Wildman–Crippen MR) is 34.4 cm³/mol. The van der Waals surface area contributed by atoms with Crippen LogP contribution >= 0.6 is 11.6 Å². The highest BCUT2D eigenvalue weighted by Gasteiger charge is 2.24. The first kappa shape index (κ1) is 9.44. The lowest BCUT2D eigenvalue weighted by Crippen LogP contribution is -2.32. The lowest BCUT2D eigenvalue weighted by atomic mass is 11.5. The smallest absolute Gasteiger partial charge is 0.234 e. The molecule has 0 unspecified atom stereocenters. The topological polar surface area (TPSA) is 80.5 Å². The van der Waals surface area contributed by atoms with Crippen molar-refractivity contribution >= 4 is 21.6 Å². The van der Waals surface area contributed by atoms with E-state index in [0.29, 0.717) is 0 Å². The van der Waals surface area contributed by atoms with Gasteiger partial charge in [-0.05, 0) is 4.41 Å². The standard InChI is InChI=1S/C2H5ClN2O4S/c1-4(5(6)7)10(8,9)2-3/h2H2,1H3. The Kier molecular flexibility index (Phi) is 2.85. The summed E-state index contributed by atoms with van der Waals surface area (Å²) in [7, 11) is -3.08. The molecule has 0 radical (unpaired) electrons. The number of rotatable bonds is 3. The summed E-state index contributed by atoms with van der Waals surface area (Å²) in [5, 5.41) is 7.95. The average Bonchev–Trinajstić information content (AvgIpc) is 1.86. The molecule has 0 atom stereocenters. The summed E-state index contributed by atoms with van der Waals surface area (Å²) in [6.07, 6.45) is 0. The van der Waals surface area contributed by atoms with Crippen LogP contribution in [0.4, 0.5) is 0 Å². The van der Waals surface area contributed by atoms with Gasteiger partial charge in [-0.15, -0.1) is 11.6 Å². The molecule has 0 saturated carbocycles. The van der Waals surface area contributed by atoms with Gasteiger partial charge in [0, 0.05) is 0 Å². The van der Waals surface area contributed by atoms with Crippen molar-refractivity contribution in [3.8, 4) is 0 Å². The summed E-state index contributed by atoms with van der Waals surface area (Å²) < 4.78 is 21.0. The van der Waals surface area contributed by atoms with Gasteiger partial charge in [-0.1, -0.05) is 0 Å². The first-order valence-corrected chi connectivity index (χ1v) is 4.23. The summed E-state index contributed by atoms with van der Waals surface area (Å²) in [5.74, 6) is 0. The van der Waals surface area contributed by atoms with Crippen LogP contribution in [-0.4, -0.2) is 30.1 Å². The molecule has 0 saturated heterocycles. The Bertz CT molecular complexity index is 223. The van der Waals surface area contributed by atoms with Gasteiger partial charge in [-0.3, -0.25) is 0 Å². The van der Waals surface area contributed by atoms with E-state index in [1.54, 1.807) is 0 Å². The summed E-state index contributed by atoms with van der Waals surface area (Å²) in [6.45, 7) is 0. The third-order valence-corrected chi connectivity index (χ3v) is 2.81. The van der Waals surface area contributed by atoms with Crippen molar-refractivity contribution < 1.29 is 13.5 Å². The van der Waals surface area contributed by atoms with Gasteiger partial charge >= 0.3 is 0 Å². The highest BCUT2D eigenvalue weighted by atomic mass is 35.5. The second-order valence-electron chi connectivity index (χ2n) is 1.39. The molecule has 0 rings (SSSR count). The highest BCUT2D eigenvalue weighted by Crippen LogP contribution is 1.98. The minimum atomic E-state index is -3.90. The third kappa shape index (κ3) is 1.99. The molecule has 6 nitrogen and oxygen atoms in total. The molecule has 0 aromatic carbocycles. The molecule has 8 heteroatoms. The number of hydrogen-bond acceptors (Lipinski definition) is 4. The second-order valence-corrected chi connectivity index (χ2v) is 3.96. The third-order valence-electron chi connectivity index (χ3n) is 0.770. The molecule has 0 amide bonds. The summed E-state index contributed by atoms with van der Waals surface area (Å²) >= 11 is 4.90. The second kappa shape index (κ2) is 3.02. The fourth-order valence-electron chi connectivity index (χ4n) is 0.172. The number of nitro groups is 1. The molecule has 0 aliphatic heterocycles. The van der Waals surface area contributed by atoms with E-state index in [4.69, 9.17) is 11.6 Å². The number of alkyl halides is 1. The summed E-state index contributed by atoms with van der Waals surface area (Å²) in [6, 6.07) is 0. The van der Waals surface area contributed by atoms with E-state index in [1.165, 1.54) is 0 Å². The van der Waals surface area contributed by atoms with Gasteiger partial charge in [-0.25, -0.2) is 18.5 Å². The quantitative estimate of drug-likeness (QED) is 0.344. The first-order valence-electron chi connectivity index (χ1n) is 2.08. The van der Waals surface area contributed by atoms with Crippen molar-refractivity contribution in [1.82, 2.24) is 4.41 Å². The number of nitrogens with zero attached hydrogens (tertiary/aromatic N) is 2. The maximum atomic E-state index is 10.5. The Hall–Kier alpha value is -0.560. The Morgan fingerprint density at radius 2 is 2.10 bits per heavy atom. The lowest BCUT2D eigenvalue weighted by Gasteiger charge is -2.04. The van der Waals surface area contributed by atoms with Crippen molar-refractivity contribution in [2.75, 3.05) is 12.3 Å². The molecule has 10 heavy (non-hydrogen) atoms. The number of sulfonamides is 1. The molecule has 0 spiro atoms. The highest BCUT2D eigenvalue weighted by molar-refractivity contribution is 7.90. The Balaban J connectivity index is 4.51. The molecule has 0 N–H and O–H groups in total. The van der Waals surface area contributed by atoms with Gasteiger partial charge in [0.1, 0.15) is 5.21 Å². The first-order chi connectivity index (χ1) is 4.41. The van der Waals surface area contributed by atoms with Crippen molar-refractivity contribution in [1.29, 1.82) is 0 Å². The number of hydrazine groups is 1. The zero-order chi connectivity index (χ0) is 8.36. The van der Waals surface area contributed by atoms with Crippen LogP contribution in [0.3, 0.4) is 0 Å². The SMILES string of the molecule is CN([N+](=O)[O-])S(=O)(=O)CCl. The fraction of sp³-hybridized carbons (Fsp3) is 1.00. The molecule has 0 heterocycles. The molecule has 0 aromatic rings. The van der Waals surface area contributed by atoms with Crippen LogP contribution in [0.25, 0.3) is 0 Å². The predicted octanol–water partition coefficient (Wildman–Crippen LogP) is -0.364. The number of hydrogen-bond donors (Lipinski definition) is 0. The molecule has 0 fully saturated rings. The van der Waals surface area contributed by atoms with Crippen LogP contribution in [0.5, 0.6) is 0 Å². The van der Waals surface area contributed by atoms with Crippen LogP contribution in [0.2, 0.25) is 0 Å². The minimum absolute atomic E-state index is 0.0278. The van der Waals surface area contributed by atoms with Gasteiger partial charge in [0.2, 0.25) is 0 Å². The van der Waals surface area contributed by atoms with Crippen molar-refractivity contribution in [3.63, 3.8) is 0 Å². The lowest BCUT2D eigenvalue weighted by molar-refractivity contribution is -0.613. The largest absolute Gasteiger partial charge is 0.297 e. The minimum Gasteiger partial charge on any atom is -0.234 e. The molecule has 0 aliphatic rings. The van der Waals surface area contributed by atoms with Gasteiger partial charge in [0.05, 0.1) is 7.05 Å². The molecule has 0 aliphatic carbocycles. The molecule has 0 bridgehead atoms. The van der Waals surface area contributed by atoms with E-state index < -0.39 is 20.3 Å². The van der Waals surface area contributed by atoms with Gasteiger partial charge in [-0.2, -0.15) is 0 Å². The zero-order valence-corrected chi connectivity index (χ0v) is 6.59. The summed E-state index contributed by atoms with van der Waals surface area (Å²) in [5.41, 5.74) is 0. The van der Waals surface area contributed by atoms with E-state index in [9.17, 15) is 18.5 Å². The normalized spacial score (nSPS) is 11.0.